The number of carbonyl (C=O) groups is 1. The number of nitrogens with one attached hydrogen (secondary N) is 1. The number of hydrogen-bond donors (Lipinski definition) is 2. The molecule has 2 aliphatic rings. The summed E-state index contributed by atoms with van der Waals surface area (Å²) in [4.78, 5) is 11.7. The van der Waals surface area contributed by atoms with Gasteiger partial charge in [-0.25, -0.2) is 5.43 Å². The number of phenols is 1. The molecular formula is C17H28N2O2. The molecule has 0 aliphatic heterocycles. The lowest BCUT2D eigenvalue weighted by Crippen LogP contribution is -2.59. The average molecular weight is 292 g/mol. The van der Waals surface area contributed by atoms with Crippen molar-refractivity contribution in [3.63, 3.8) is 0 Å². The lowest BCUT2D eigenvalue weighted by Gasteiger charge is -2.40. The van der Waals surface area contributed by atoms with E-state index < -0.39 is 0 Å². The Bertz CT molecular complexity index is 595. The third kappa shape index (κ3) is 4.74. The summed E-state index contributed by atoms with van der Waals surface area (Å²) in [6, 6.07) is 5.65. The van der Waals surface area contributed by atoms with E-state index >= 15 is 0 Å². The van der Waals surface area contributed by atoms with E-state index in [0.29, 0.717) is 12.2 Å². The minimum atomic E-state index is -0.180. The van der Waals surface area contributed by atoms with Crippen molar-refractivity contribution in [2.24, 2.45) is 0 Å². The van der Waals surface area contributed by atoms with Crippen LogP contribution in [0, 0.1) is 10.4 Å². The molecule has 4 heteroatoms. The first-order valence-electron chi connectivity index (χ1n) is 7.40. The highest BCUT2D eigenvalue weighted by Crippen LogP contribution is 2.21. The van der Waals surface area contributed by atoms with Gasteiger partial charge >= 0.3 is 0 Å². The molecule has 2 N–H and O–H groups in total. The molecular weight excluding hydrogens is 264 g/mol. The van der Waals surface area contributed by atoms with Gasteiger partial charge < -0.3 is 5.11 Å². The van der Waals surface area contributed by atoms with Crippen LogP contribution in [-0.4, -0.2) is 27.1 Å². The Hall–Kier alpha value is -1.55. The molecule has 2 aliphatic carbocycles. The summed E-state index contributed by atoms with van der Waals surface area (Å²) in [7, 11) is 0. The van der Waals surface area contributed by atoms with Gasteiger partial charge in [-0.2, -0.15) is 0 Å². The molecule has 2 rings (SSSR count). The fraction of sp³-hybridized carbons (Fsp3) is 0.588. The van der Waals surface area contributed by atoms with E-state index in [2.05, 4.69) is 26.2 Å². The van der Waals surface area contributed by atoms with E-state index in [1.807, 2.05) is 39.8 Å². The molecule has 0 spiro atoms. The van der Waals surface area contributed by atoms with Crippen molar-refractivity contribution in [2.45, 2.75) is 66.0 Å². The predicted molar refractivity (Wildman–Crippen MR) is 85.6 cm³/mol. The summed E-state index contributed by atoms with van der Waals surface area (Å²) in [5.74, 6) is 0.574. The number of benzene rings is 1. The van der Waals surface area contributed by atoms with Gasteiger partial charge in [0.25, 0.3) is 0 Å². The van der Waals surface area contributed by atoms with Crippen molar-refractivity contribution in [1.29, 1.82) is 0 Å². The maximum Gasteiger partial charge on any atom is 0.236 e. The van der Waals surface area contributed by atoms with Crippen LogP contribution in [0.3, 0.4) is 0 Å². The number of amides is 1. The van der Waals surface area contributed by atoms with Crippen LogP contribution < -0.4 is 5.43 Å². The van der Waals surface area contributed by atoms with E-state index in [4.69, 9.17) is 5.11 Å². The zero-order chi connectivity index (χ0) is 16.4. The molecule has 118 valence electrons. The van der Waals surface area contributed by atoms with Crippen molar-refractivity contribution < 1.29 is 9.90 Å². The summed E-state index contributed by atoms with van der Waals surface area (Å²) in [6.45, 7) is 14.1. The molecule has 0 unspecified atom stereocenters. The molecule has 0 saturated carbocycles. The van der Waals surface area contributed by atoms with Crippen molar-refractivity contribution >= 4 is 5.91 Å². The van der Waals surface area contributed by atoms with Gasteiger partial charge in [0.1, 0.15) is 5.75 Å². The summed E-state index contributed by atoms with van der Waals surface area (Å²) in [5, 5.41) is 12.6. The quantitative estimate of drug-likeness (QED) is 0.835. The summed E-state index contributed by atoms with van der Waals surface area (Å²) < 4.78 is 0. The van der Waals surface area contributed by atoms with Gasteiger partial charge in [0.2, 0.25) is 5.91 Å². The third-order valence-electron chi connectivity index (χ3n) is 2.98. The van der Waals surface area contributed by atoms with Crippen molar-refractivity contribution in [1.82, 2.24) is 10.4 Å². The minimum Gasteiger partial charge on any atom is -0.507 e. The molecule has 0 aromatic carbocycles. The number of nitrogens with zero attached hydrogens (tertiary/aromatic N) is 1. The number of hydrogen-bond acceptors (Lipinski definition) is 3. The van der Waals surface area contributed by atoms with Crippen LogP contribution in [0.4, 0.5) is 0 Å². The number of hydrazine groups is 1. The second kappa shape index (κ2) is 6.06. The van der Waals surface area contributed by atoms with Crippen LogP contribution in [0.1, 0.15) is 54.9 Å². The summed E-state index contributed by atoms with van der Waals surface area (Å²) >= 11 is 0. The molecule has 0 bridgehead atoms. The molecule has 0 saturated heterocycles. The second-order valence-electron chi connectivity index (χ2n) is 7.35. The second-order valence-corrected chi connectivity index (χ2v) is 7.35. The summed E-state index contributed by atoms with van der Waals surface area (Å²) in [6.07, 6.45) is 0.528. The maximum atomic E-state index is 11.7. The first-order valence-corrected chi connectivity index (χ1v) is 7.40. The highest BCUT2D eigenvalue weighted by Gasteiger charge is 2.28. The van der Waals surface area contributed by atoms with Gasteiger partial charge in [-0.1, -0.05) is 19.1 Å². The monoisotopic (exact) mass is 292 g/mol. The standard InChI is InChI=1S/C11H24N2O.C6H4O/c1-8-9(14)13(11(5,6)7)12-10(2,3)4;7-6-3-4-1-2-5(4)6/h12H,8H2,1-7H3;1-3,7H. The fourth-order valence-corrected chi connectivity index (χ4v) is 1.87. The van der Waals surface area contributed by atoms with Crippen LogP contribution in [0.5, 0.6) is 5.75 Å². The maximum absolute atomic E-state index is 11.7. The Morgan fingerprint density at radius 3 is 1.90 bits per heavy atom. The SMILES string of the molecule is CCC(=O)N(NC(C)(C)C)C(C)(C)C.Oc1cc2ccc1=2. The fourth-order valence-electron chi connectivity index (χ4n) is 1.87. The number of carbonyl (C=O) groups excluding carboxylic acids is 1. The predicted octanol–water partition coefficient (Wildman–Crippen LogP) is 3.32. The van der Waals surface area contributed by atoms with Gasteiger partial charge in [0, 0.05) is 17.2 Å². The normalized spacial score (nSPS) is 12.3. The zero-order valence-corrected chi connectivity index (χ0v) is 14.2. The lowest BCUT2D eigenvalue weighted by atomic mass is 10.1. The molecule has 0 aromatic rings. The van der Waals surface area contributed by atoms with Crippen LogP contribution in [0.15, 0.2) is 18.2 Å². The van der Waals surface area contributed by atoms with E-state index in [0.717, 1.165) is 5.22 Å². The van der Waals surface area contributed by atoms with E-state index in [-0.39, 0.29) is 17.0 Å². The molecule has 21 heavy (non-hydrogen) atoms. The van der Waals surface area contributed by atoms with E-state index in [1.165, 1.54) is 5.22 Å². The molecule has 0 aromatic heterocycles. The minimum absolute atomic E-state index is 0.0852. The lowest BCUT2D eigenvalue weighted by molar-refractivity contribution is -0.142. The van der Waals surface area contributed by atoms with Crippen molar-refractivity contribution in [3.8, 4) is 5.75 Å². The van der Waals surface area contributed by atoms with Crippen LogP contribution in [-0.2, 0) is 4.79 Å². The Kier molecular flexibility index (Phi) is 5.05. The smallest absolute Gasteiger partial charge is 0.236 e. The summed E-state index contributed by atoms with van der Waals surface area (Å²) in [5.41, 5.74) is 2.97. The Morgan fingerprint density at radius 2 is 1.76 bits per heavy atom. The third-order valence-corrected chi connectivity index (χ3v) is 2.98. The average Bonchev–Trinajstić information content (AvgIpc) is 2.30. The largest absolute Gasteiger partial charge is 0.507 e. The highest BCUT2D eigenvalue weighted by molar-refractivity contribution is 5.76. The van der Waals surface area contributed by atoms with Gasteiger partial charge in [-0.3, -0.25) is 9.80 Å². The Morgan fingerprint density at radius 1 is 1.19 bits per heavy atom. The van der Waals surface area contributed by atoms with E-state index in [1.54, 1.807) is 11.1 Å². The Labute approximate surface area is 127 Å². The molecule has 1 amide bonds. The molecule has 0 radical (unpaired) electrons. The molecule has 4 nitrogen and oxygen atoms in total. The highest BCUT2D eigenvalue weighted by atomic mass is 16.3. The van der Waals surface area contributed by atoms with Crippen LogP contribution in [0.25, 0.3) is 0 Å². The molecule has 0 atom stereocenters. The number of rotatable bonds is 2. The van der Waals surface area contributed by atoms with Crippen molar-refractivity contribution in [3.05, 3.63) is 28.6 Å². The van der Waals surface area contributed by atoms with Gasteiger partial charge in [0.05, 0.1) is 5.54 Å². The number of phenolic OH excluding ortho intramolecular Hbond substituents is 1. The van der Waals surface area contributed by atoms with Crippen molar-refractivity contribution in [2.75, 3.05) is 0 Å². The van der Waals surface area contributed by atoms with E-state index in [9.17, 15) is 4.79 Å². The number of aromatic hydroxyl groups is 1. The van der Waals surface area contributed by atoms with Crippen LogP contribution >= 0.6 is 0 Å². The Balaban J connectivity index is 0.000000255. The zero-order valence-electron chi connectivity index (χ0n) is 14.2. The topological polar surface area (TPSA) is 52.6 Å². The first kappa shape index (κ1) is 17.5. The molecule has 0 fully saturated rings. The first-order chi connectivity index (χ1) is 9.45. The van der Waals surface area contributed by atoms with Gasteiger partial charge in [-0.05, 0) is 52.8 Å². The van der Waals surface area contributed by atoms with Gasteiger partial charge in [-0.15, -0.1) is 0 Å². The van der Waals surface area contributed by atoms with Crippen LogP contribution in [0.2, 0.25) is 0 Å². The van der Waals surface area contributed by atoms with Gasteiger partial charge in [0.15, 0.2) is 0 Å². The molecule has 0 heterocycles.